The largest absolute Gasteiger partial charge is 0.384 e. The van der Waals surface area contributed by atoms with Crippen LogP contribution in [0.25, 0.3) is 0 Å². The molecule has 1 N–H and O–H groups in total. The van der Waals surface area contributed by atoms with Crippen molar-refractivity contribution in [3.8, 4) is 0 Å². The van der Waals surface area contributed by atoms with E-state index in [4.69, 9.17) is 4.74 Å². The molecule has 1 atom stereocenters. The Morgan fingerprint density at radius 2 is 2.24 bits per heavy atom. The Hall–Kier alpha value is -1.35. The summed E-state index contributed by atoms with van der Waals surface area (Å²) in [6.45, 7) is 4.97. The quantitative estimate of drug-likeness (QED) is 0.849. The zero-order chi connectivity index (χ0) is 12.3. The van der Waals surface area contributed by atoms with Crippen LogP contribution in [-0.4, -0.2) is 25.0 Å². The van der Waals surface area contributed by atoms with Gasteiger partial charge in [0.2, 0.25) is 0 Å². The lowest BCUT2D eigenvalue weighted by Gasteiger charge is -2.10. The lowest BCUT2D eigenvalue weighted by atomic mass is 9.96. The highest BCUT2D eigenvalue weighted by Gasteiger charge is 2.23. The number of benzene rings is 1. The van der Waals surface area contributed by atoms with Gasteiger partial charge < -0.3 is 10.1 Å². The Morgan fingerprint density at radius 1 is 1.47 bits per heavy atom. The number of fused-ring (bicyclic) bond motifs is 1. The number of rotatable bonds is 5. The van der Waals surface area contributed by atoms with Crippen molar-refractivity contribution in [3.05, 3.63) is 29.8 Å². The zero-order valence-corrected chi connectivity index (χ0v) is 10.4. The van der Waals surface area contributed by atoms with Crippen LogP contribution in [-0.2, 0) is 9.53 Å². The van der Waals surface area contributed by atoms with Crippen LogP contribution < -0.4 is 5.32 Å². The molecule has 0 spiro atoms. The summed E-state index contributed by atoms with van der Waals surface area (Å²) in [4.78, 5) is 11.8. The van der Waals surface area contributed by atoms with E-state index in [0.717, 1.165) is 12.2 Å². The first-order valence-corrected chi connectivity index (χ1v) is 6.13. The second kappa shape index (κ2) is 5.32. The van der Waals surface area contributed by atoms with Crippen molar-refractivity contribution in [1.29, 1.82) is 0 Å². The molecule has 0 fully saturated rings. The Labute approximate surface area is 102 Å². The number of hydrogen-bond donors (Lipinski definition) is 1. The van der Waals surface area contributed by atoms with Crippen LogP contribution in [0.3, 0.4) is 0 Å². The number of anilines is 1. The van der Waals surface area contributed by atoms with Gasteiger partial charge in [0, 0.05) is 24.6 Å². The van der Waals surface area contributed by atoms with E-state index in [1.165, 1.54) is 5.56 Å². The van der Waals surface area contributed by atoms with E-state index in [1.54, 1.807) is 0 Å². The van der Waals surface area contributed by atoms with Gasteiger partial charge >= 0.3 is 0 Å². The van der Waals surface area contributed by atoms with Gasteiger partial charge in [0.05, 0.1) is 6.10 Å². The molecule has 92 valence electrons. The SMILES string of the molecule is CC(C)OCC(=O)CC1CNc2ccccc21. The normalized spacial score (nSPS) is 17.9. The number of carbonyl (C=O) groups is 1. The molecule has 0 saturated heterocycles. The molecule has 1 aromatic carbocycles. The van der Waals surface area contributed by atoms with Crippen molar-refractivity contribution in [2.24, 2.45) is 0 Å². The molecule has 1 heterocycles. The van der Waals surface area contributed by atoms with Crippen molar-refractivity contribution < 1.29 is 9.53 Å². The monoisotopic (exact) mass is 233 g/mol. The maximum Gasteiger partial charge on any atom is 0.159 e. The highest BCUT2D eigenvalue weighted by Crippen LogP contribution is 2.33. The van der Waals surface area contributed by atoms with E-state index >= 15 is 0 Å². The van der Waals surface area contributed by atoms with Gasteiger partial charge in [-0.3, -0.25) is 4.79 Å². The smallest absolute Gasteiger partial charge is 0.159 e. The highest BCUT2D eigenvalue weighted by molar-refractivity contribution is 5.81. The highest BCUT2D eigenvalue weighted by atomic mass is 16.5. The van der Waals surface area contributed by atoms with Crippen molar-refractivity contribution in [2.45, 2.75) is 32.3 Å². The standard InChI is InChI=1S/C14H19NO2/c1-10(2)17-9-12(16)7-11-8-15-14-6-4-3-5-13(11)14/h3-6,10-11,15H,7-9H2,1-2H3. The molecular weight excluding hydrogens is 214 g/mol. The van der Waals surface area contributed by atoms with Crippen molar-refractivity contribution in [3.63, 3.8) is 0 Å². The number of nitrogens with one attached hydrogen (secondary N) is 1. The summed E-state index contributed by atoms with van der Waals surface area (Å²) in [5.41, 5.74) is 2.42. The molecule has 0 aliphatic carbocycles. The number of para-hydroxylation sites is 1. The second-order valence-electron chi connectivity index (χ2n) is 4.77. The lowest BCUT2D eigenvalue weighted by Crippen LogP contribution is -2.16. The fraction of sp³-hybridized carbons (Fsp3) is 0.500. The maximum absolute atomic E-state index is 11.8. The fourth-order valence-corrected chi connectivity index (χ4v) is 2.13. The summed E-state index contributed by atoms with van der Waals surface area (Å²) in [6, 6.07) is 8.19. The van der Waals surface area contributed by atoms with Crippen molar-refractivity contribution >= 4 is 11.5 Å². The van der Waals surface area contributed by atoms with E-state index < -0.39 is 0 Å². The molecule has 2 rings (SSSR count). The molecule has 1 aliphatic rings. The first kappa shape index (κ1) is 12.1. The van der Waals surface area contributed by atoms with E-state index in [1.807, 2.05) is 26.0 Å². The molecule has 3 heteroatoms. The summed E-state index contributed by atoms with van der Waals surface area (Å²) in [6.07, 6.45) is 0.685. The second-order valence-corrected chi connectivity index (χ2v) is 4.77. The Balaban J connectivity index is 1.91. The molecule has 0 radical (unpaired) electrons. The van der Waals surface area contributed by atoms with Crippen molar-refractivity contribution in [2.75, 3.05) is 18.5 Å². The minimum absolute atomic E-state index is 0.118. The fourth-order valence-electron chi connectivity index (χ4n) is 2.13. The molecule has 0 aromatic heterocycles. The lowest BCUT2D eigenvalue weighted by molar-refractivity contribution is -0.125. The zero-order valence-electron chi connectivity index (χ0n) is 10.4. The van der Waals surface area contributed by atoms with Gasteiger partial charge in [-0.15, -0.1) is 0 Å². The Kier molecular flexibility index (Phi) is 3.79. The van der Waals surface area contributed by atoms with Crippen LogP contribution in [0.15, 0.2) is 24.3 Å². The topological polar surface area (TPSA) is 38.3 Å². The number of carbonyl (C=O) groups excluding carboxylic acids is 1. The van der Waals surface area contributed by atoms with Crippen LogP contribution in [0, 0.1) is 0 Å². The first-order chi connectivity index (χ1) is 8.16. The van der Waals surface area contributed by atoms with Gasteiger partial charge in [-0.1, -0.05) is 18.2 Å². The van der Waals surface area contributed by atoms with Crippen LogP contribution in [0.2, 0.25) is 0 Å². The number of hydrogen-bond acceptors (Lipinski definition) is 3. The molecule has 1 aliphatic heterocycles. The third-order valence-corrected chi connectivity index (χ3v) is 2.99. The van der Waals surface area contributed by atoms with E-state index in [9.17, 15) is 4.79 Å². The average Bonchev–Trinajstić information content (AvgIpc) is 2.70. The van der Waals surface area contributed by atoms with Gasteiger partial charge in [0.15, 0.2) is 5.78 Å². The minimum Gasteiger partial charge on any atom is -0.384 e. The molecular formula is C14H19NO2. The van der Waals surface area contributed by atoms with E-state index in [2.05, 4.69) is 17.4 Å². The van der Waals surface area contributed by atoms with Gasteiger partial charge in [0.25, 0.3) is 0 Å². The van der Waals surface area contributed by atoms with Crippen LogP contribution in [0.5, 0.6) is 0 Å². The Morgan fingerprint density at radius 3 is 3.00 bits per heavy atom. The summed E-state index contributed by atoms with van der Waals surface area (Å²) >= 11 is 0. The maximum atomic E-state index is 11.8. The van der Waals surface area contributed by atoms with Crippen LogP contribution in [0.4, 0.5) is 5.69 Å². The van der Waals surface area contributed by atoms with E-state index in [-0.39, 0.29) is 18.5 Å². The number of ether oxygens (including phenoxy) is 1. The summed E-state index contributed by atoms with van der Waals surface area (Å²) in [5.74, 6) is 0.483. The third kappa shape index (κ3) is 3.07. The molecule has 0 bridgehead atoms. The van der Waals surface area contributed by atoms with Gasteiger partial charge in [-0.2, -0.15) is 0 Å². The molecule has 1 aromatic rings. The summed E-state index contributed by atoms with van der Waals surface area (Å²) in [7, 11) is 0. The minimum atomic E-state index is 0.118. The molecule has 0 saturated carbocycles. The predicted octanol–water partition coefficient (Wildman–Crippen LogP) is 2.58. The predicted molar refractivity (Wildman–Crippen MR) is 68.4 cm³/mol. The first-order valence-electron chi connectivity index (χ1n) is 6.13. The average molecular weight is 233 g/mol. The van der Waals surface area contributed by atoms with E-state index in [0.29, 0.717) is 12.3 Å². The molecule has 17 heavy (non-hydrogen) atoms. The molecule has 3 nitrogen and oxygen atoms in total. The summed E-state index contributed by atoms with van der Waals surface area (Å²) in [5, 5.41) is 3.33. The van der Waals surface area contributed by atoms with Gasteiger partial charge in [0.1, 0.15) is 6.61 Å². The van der Waals surface area contributed by atoms with Crippen LogP contribution >= 0.6 is 0 Å². The summed E-state index contributed by atoms with van der Waals surface area (Å²) < 4.78 is 5.33. The molecule has 1 unspecified atom stereocenters. The molecule has 0 amide bonds. The number of ketones is 1. The van der Waals surface area contributed by atoms with Crippen molar-refractivity contribution in [1.82, 2.24) is 0 Å². The van der Waals surface area contributed by atoms with Gasteiger partial charge in [-0.05, 0) is 25.5 Å². The number of Topliss-reactive ketones (excluding diaryl/α,β-unsaturated/α-hetero) is 1. The van der Waals surface area contributed by atoms with Gasteiger partial charge in [-0.25, -0.2) is 0 Å². The Bertz CT molecular complexity index is 401. The third-order valence-electron chi connectivity index (χ3n) is 2.99. The van der Waals surface area contributed by atoms with Crippen LogP contribution in [0.1, 0.15) is 31.7 Å².